The zero-order valence-corrected chi connectivity index (χ0v) is 13.2. The monoisotopic (exact) mass is 337 g/mol. The summed E-state index contributed by atoms with van der Waals surface area (Å²) in [5.41, 5.74) is 0.698. The molecule has 0 bridgehead atoms. The van der Waals surface area contributed by atoms with Crippen LogP contribution in [0.3, 0.4) is 0 Å². The normalized spacial score (nSPS) is 12.8. The minimum Gasteiger partial charge on any atom is -0.481 e. The van der Waals surface area contributed by atoms with Crippen molar-refractivity contribution >= 4 is 16.0 Å². The maximum atomic E-state index is 13.2. The third kappa shape index (κ3) is 4.14. The van der Waals surface area contributed by atoms with Crippen LogP contribution in [-0.4, -0.2) is 26.0 Å². The predicted octanol–water partition coefficient (Wildman–Crippen LogP) is 2.28. The van der Waals surface area contributed by atoms with Crippen LogP contribution < -0.4 is 4.72 Å². The van der Waals surface area contributed by atoms with Crippen molar-refractivity contribution in [3.05, 3.63) is 65.5 Å². The molecule has 0 aliphatic carbocycles. The second-order valence-corrected chi connectivity index (χ2v) is 6.83. The molecule has 2 aromatic carbocycles. The summed E-state index contributed by atoms with van der Waals surface area (Å²) in [5, 5.41) is 9.29. The van der Waals surface area contributed by atoms with Crippen LogP contribution in [0.5, 0.6) is 0 Å². The molecule has 2 aromatic rings. The van der Waals surface area contributed by atoms with Gasteiger partial charge in [0.25, 0.3) is 0 Å². The Morgan fingerprint density at radius 1 is 1.22 bits per heavy atom. The van der Waals surface area contributed by atoms with Crippen molar-refractivity contribution in [1.29, 1.82) is 0 Å². The smallest absolute Gasteiger partial charge is 0.312 e. The number of hydrogen-bond acceptors (Lipinski definition) is 3. The first kappa shape index (κ1) is 17.1. The highest BCUT2D eigenvalue weighted by molar-refractivity contribution is 7.89. The molecule has 0 aliphatic heterocycles. The number of benzene rings is 2. The number of carboxylic acids is 1. The van der Waals surface area contributed by atoms with E-state index in [1.54, 1.807) is 30.3 Å². The molecule has 7 heteroatoms. The second-order valence-electron chi connectivity index (χ2n) is 5.06. The summed E-state index contributed by atoms with van der Waals surface area (Å²) in [5.74, 6) is -2.64. The highest BCUT2D eigenvalue weighted by Crippen LogP contribution is 2.18. The molecular weight excluding hydrogens is 321 g/mol. The molecule has 0 spiro atoms. The summed E-state index contributed by atoms with van der Waals surface area (Å²) in [4.78, 5) is 11.3. The van der Waals surface area contributed by atoms with Crippen molar-refractivity contribution in [2.45, 2.75) is 17.7 Å². The molecule has 0 radical (unpaired) electrons. The lowest BCUT2D eigenvalue weighted by atomic mass is 10.00. The maximum Gasteiger partial charge on any atom is 0.312 e. The zero-order valence-electron chi connectivity index (χ0n) is 12.4. The minimum atomic E-state index is -3.92. The summed E-state index contributed by atoms with van der Waals surface area (Å²) in [7, 11) is -3.92. The summed E-state index contributed by atoms with van der Waals surface area (Å²) in [6.45, 7) is 1.16. The van der Waals surface area contributed by atoms with Gasteiger partial charge in [-0.15, -0.1) is 0 Å². The van der Waals surface area contributed by atoms with Crippen LogP contribution in [0, 0.1) is 12.7 Å². The van der Waals surface area contributed by atoms with Gasteiger partial charge >= 0.3 is 5.97 Å². The van der Waals surface area contributed by atoms with Crippen molar-refractivity contribution in [1.82, 2.24) is 4.72 Å². The van der Waals surface area contributed by atoms with E-state index in [0.29, 0.717) is 5.56 Å². The molecule has 0 aliphatic rings. The second kappa shape index (κ2) is 6.89. The molecule has 0 aromatic heterocycles. The highest BCUT2D eigenvalue weighted by Gasteiger charge is 2.23. The number of carbonyl (C=O) groups is 1. The van der Waals surface area contributed by atoms with Crippen molar-refractivity contribution in [2.24, 2.45) is 0 Å². The van der Waals surface area contributed by atoms with Crippen LogP contribution in [0.4, 0.5) is 4.39 Å². The molecule has 0 amide bonds. The Bertz CT molecular complexity index is 806. The summed E-state index contributed by atoms with van der Waals surface area (Å²) in [6, 6.07) is 11.8. The SMILES string of the molecule is Cc1cc(S(=O)(=O)NCC(C(=O)O)c2ccccc2)ccc1F. The van der Waals surface area contributed by atoms with Gasteiger partial charge < -0.3 is 5.11 Å². The molecule has 23 heavy (non-hydrogen) atoms. The molecule has 1 atom stereocenters. The van der Waals surface area contributed by atoms with Gasteiger partial charge in [0.15, 0.2) is 0 Å². The Morgan fingerprint density at radius 2 is 1.87 bits per heavy atom. The molecule has 0 saturated carbocycles. The van der Waals surface area contributed by atoms with E-state index < -0.39 is 27.7 Å². The lowest BCUT2D eigenvalue weighted by Gasteiger charge is -2.14. The molecule has 122 valence electrons. The molecule has 0 heterocycles. The number of carboxylic acid groups (broad SMARTS) is 1. The van der Waals surface area contributed by atoms with Crippen LogP contribution in [0.15, 0.2) is 53.4 Å². The topological polar surface area (TPSA) is 83.5 Å². The Morgan fingerprint density at radius 3 is 2.43 bits per heavy atom. The molecule has 2 rings (SSSR count). The third-order valence-corrected chi connectivity index (χ3v) is 4.84. The van der Waals surface area contributed by atoms with Crippen LogP contribution in [0.1, 0.15) is 17.0 Å². The van der Waals surface area contributed by atoms with Gasteiger partial charge in [0.05, 0.1) is 10.8 Å². The van der Waals surface area contributed by atoms with Gasteiger partial charge in [-0.25, -0.2) is 17.5 Å². The van der Waals surface area contributed by atoms with Gasteiger partial charge in [-0.1, -0.05) is 30.3 Å². The first-order valence-corrected chi connectivity index (χ1v) is 8.33. The van der Waals surface area contributed by atoms with E-state index in [9.17, 15) is 22.7 Å². The summed E-state index contributed by atoms with van der Waals surface area (Å²) in [6.07, 6.45) is 0. The van der Waals surface area contributed by atoms with Crippen LogP contribution >= 0.6 is 0 Å². The maximum absolute atomic E-state index is 13.2. The van der Waals surface area contributed by atoms with Crippen molar-refractivity contribution in [2.75, 3.05) is 6.54 Å². The van der Waals surface area contributed by atoms with Crippen LogP contribution in [0.25, 0.3) is 0 Å². The van der Waals surface area contributed by atoms with Gasteiger partial charge in [0.1, 0.15) is 5.82 Å². The Kier molecular flexibility index (Phi) is 5.12. The fourth-order valence-corrected chi connectivity index (χ4v) is 3.23. The van der Waals surface area contributed by atoms with Crippen LogP contribution in [0.2, 0.25) is 0 Å². The minimum absolute atomic E-state index is 0.103. The molecule has 5 nitrogen and oxygen atoms in total. The molecule has 2 N–H and O–H groups in total. The quantitative estimate of drug-likeness (QED) is 0.847. The van der Waals surface area contributed by atoms with E-state index in [1.165, 1.54) is 13.0 Å². The number of sulfonamides is 1. The van der Waals surface area contributed by atoms with E-state index in [4.69, 9.17) is 0 Å². The average molecular weight is 337 g/mol. The van der Waals surface area contributed by atoms with Crippen LogP contribution in [-0.2, 0) is 14.8 Å². The molecule has 1 unspecified atom stereocenters. The van der Waals surface area contributed by atoms with Gasteiger partial charge in [-0.2, -0.15) is 0 Å². The standard InChI is InChI=1S/C16H16FNO4S/c1-11-9-13(7-8-15(11)17)23(21,22)18-10-14(16(19)20)12-5-3-2-4-6-12/h2-9,14,18H,10H2,1H3,(H,19,20). The van der Waals surface area contributed by atoms with E-state index in [1.807, 2.05) is 0 Å². The molecular formula is C16H16FNO4S. The lowest BCUT2D eigenvalue weighted by molar-refractivity contribution is -0.138. The molecule has 0 saturated heterocycles. The Balaban J connectivity index is 2.19. The van der Waals surface area contributed by atoms with Crippen molar-refractivity contribution < 1.29 is 22.7 Å². The number of nitrogens with one attached hydrogen (secondary N) is 1. The zero-order chi connectivity index (χ0) is 17.0. The van der Waals surface area contributed by atoms with E-state index in [-0.39, 0.29) is 17.0 Å². The van der Waals surface area contributed by atoms with Gasteiger partial charge in [0, 0.05) is 6.54 Å². The summed E-state index contributed by atoms with van der Waals surface area (Å²) >= 11 is 0. The average Bonchev–Trinajstić information content (AvgIpc) is 2.50. The fourth-order valence-electron chi connectivity index (χ4n) is 2.09. The predicted molar refractivity (Wildman–Crippen MR) is 83.1 cm³/mol. The molecule has 0 fully saturated rings. The Hall–Kier alpha value is -2.25. The third-order valence-electron chi connectivity index (χ3n) is 3.42. The number of hydrogen-bond donors (Lipinski definition) is 2. The van der Waals surface area contributed by atoms with E-state index in [0.717, 1.165) is 12.1 Å². The largest absolute Gasteiger partial charge is 0.481 e. The lowest BCUT2D eigenvalue weighted by Crippen LogP contribution is -2.31. The number of aliphatic carboxylic acids is 1. The van der Waals surface area contributed by atoms with Crippen molar-refractivity contribution in [3.63, 3.8) is 0 Å². The van der Waals surface area contributed by atoms with Crippen molar-refractivity contribution in [3.8, 4) is 0 Å². The fraction of sp³-hybridized carbons (Fsp3) is 0.188. The summed E-state index contributed by atoms with van der Waals surface area (Å²) < 4.78 is 40.0. The highest BCUT2D eigenvalue weighted by atomic mass is 32.2. The Labute approximate surface area is 133 Å². The first-order valence-electron chi connectivity index (χ1n) is 6.85. The van der Waals surface area contributed by atoms with Gasteiger partial charge in [-0.3, -0.25) is 4.79 Å². The van der Waals surface area contributed by atoms with E-state index >= 15 is 0 Å². The number of halogens is 1. The van der Waals surface area contributed by atoms with E-state index in [2.05, 4.69) is 4.72 Å². The van der Waals surface area contributed by atoms with Gasteiger partial charge in [-0.05, 0) is 36.2 Å². The van der Waals surface area contributed by atoms with Gasteiger partial charge in [0.2, 0.25) is 10.0 Å². The number of rotatable bonds is 6. The number of aryl methyl sites for hydroxylation is 1. The first-order chi connectivity index (χ1) is 10.8.